The molecular weight excluding hydrogens is 220 g/mol. The van der Waals surface area contributed by atoms with Crippen LogP contribution in [0.15, 0.2) is 0 Å². The zero-order valence-corrected chi connectivity index (χ0v) is 11.2. The Balaban J connectivity index is 3.87. The quantitative estimate of drug-likeness (QED) is 0.581. The number of hydrogen-bond acceptors (Lipinski definition) is 3. The number of unbranched alkanes of at least 4 members (excludes halogenated alkanes) is 4. The first kappa shape index (κ1) is 16.4. The SMILES string of the molecule is CCCCCCCC(OC(C)C(C)O)C(=O)O. The van der Waals surface area contributed by atoms with Gasteiger partial charge in [-0.15, -0.1) is 0 Å². The Bertz CT molecular complexity index is 204. The molecule has 3 unspecified atom stereocenters. The van der Waals surface area contributed by atoms with Gasteiger partial charge in [0, 0.05) is 0 Å². The molecular formula is C13H26O4. The second kappa shape index (κ2) is 9.42. The van der Waals surface area contributed by atoms with Crippen molar-refractivity contribution < 1.29 is 19.7 Å². The Morgan fingerprint density at radius 1 is 1.18 bits per heavy atom. The van der Waals surface area contributed by atoms with Gasteiger partial charge in [-0.2, -0.15) is 0 Å². The summed E-state index contributed by atoms with van der Waals surface area (Å²) in [7, 11) is 0. The molecule has 0 radical (unpaired) electrons. The molecule has 4 nitrogen and oxygen atoms in total. The summed E-state index contributed by atoms with van der Waals surface area (Å²) >= 11 is 0. The molecule has 0 rings (SSSR count). The Kier molecular flexibility index (Phi) is 9.09. The van der Waals surface area contributed by atoms with Crippen LogP contribution in [0, 0.1) is 0 Å². The van der Waals surface area contributed by atoms with Crippen molar-refractivity contribution in [1.82, 2.24) is 0 Å². The van der Waals surface area contributed by atoms with Crippen LogP contribution in [0.5, 0.6) is 0 Å². The molecule has 4 heteroatoms. The normalized spacial score (nSPS) is 16.5. The summed E-state index contributed by atoms with van der Waals surface area (Å²) in [6, 6.07) is 0. The number of carboxylic acids is 1. The van der Waals surface area contributed by atoms with Crippen molar-refractivity contribution in [3.63, 3.8) is 0 Å². The largest absolute Gasteiger partial charge is 0.479 e. The summed E-state index contributed by atoms with van der Waals surface area (Å²) in [5.74, 6) is -0.937. The zero-order valence-electron chi connectivity index (χ0n) is 11.2. The number of rotatable bonds is 10. The molecule has 0 aliphatic carbocycles. The summed E-state index contributed by atoms with van der Waals surface area (Å²) < 4.78 is 5.33. The van der Waals surface area contributed by atoms with Crippen molar-refractivity contribution >= 4 is 5.97 Å². The molecule has 0 saturated carbocycles. The van der Waals surface area contributed by atoms with Gasteiger partial charge < -0.3 is 14.9 Å². The van der Waals surface area contributed by atoms with E-state index < -0.39 is 24.3 Å². The second-order valence-electron chi connectivity index (χ2n) is 4.61. The van der Waals surface area contributed by atoms with Gasteiger partial charge >= 0.3 is 5.97 Å². The number of carbonyl (C=O) groups is 1. The molecule has 0 fully saturated rings. The van der Waals surface area contributed by atoms with Gasteiger partial charge in [0.05, 0.1) is 12.2 Å². The van der Waals surface area contributed by atoms with Crippen molar-refractivity contribution in [1.29, 1.82) is 0 Å². The molecule has 3 atom stereocenters. The highest BCUT2D eigenvalue weighted by atomic mass is 16.5. The molecule has 0 aromatic heterocycles. The zero-order chi connectivity index (χ0) is 13.3. The minimum atomic E-state index is -0.937. The molecule has 0 saturated heterocycles. The number of aliphatic hydroxyl groups excluding tert-OH is 1. The summed E-state index contributed by atoms with van der Waals surface area (Å²) in [6.45, 7) is 5.44. The van der Waals surface area contributed by atoms with Crippen LogP contribution in [0.25, 0.3) is 0 Å². The molecule has 0 heterocycles. The van der Waals surface area contributed by atoms with Gasteiger partial charge in [-0.3, -0.25) is 0 Å². The first-order valence-electron chi connectivity index (χ1n) is 6.55. The average Bonchev–Trinajstić information content (AvgIpc) is 2.26. The Morgan fingerprint density at radius 3 is 2.24 bits per heavy atom. The third kappa shape index (κ3) is 8.16. The minimum absolute atomic E-state index is 0.438. The fourth-order valence-electron chi connectivity index (χ4n) is 1.56. The summed E-state index contributed by atoms with van der Waals surface area (Å²) in [6.07, 6.45) is 4.09. The molecule has 0 aliphatic rings. The third-order valence-corrected chi connectivity index (χ3v) is 2.90. The highest BCUT2D eigenvalue weighted by molar-refractivity contribution is 5.72. The van der Waals surface area contributed by atoms with E-state index in [9.17, 15) is 9.90 Å². The number of hydrogen-bond donors (Lipinski definition) is 2. The van der Waals surface area contributed by atoms with Crippen LogP contribution >= 0.6 is 0 Å². The average molecular weight is 246 g/mol. The highest BCUT2D eigenvalue weighted by Gasteiger charge is 2.22. The van der Waals surface area contributed by atoms with E-state index in [1.807, 2.05) is 0 Å². The Morgan fingerprint density at radius 2 is 1.76 bits per heavy atom. The smallest absolute Gasteiger partial charge is 0.332 e. The lowest BCUT2D eigenvalue weighted by Crippen LogP contribution is -2.33. The van der Waals surface area contributed by atoms with Gasteiger partial charge in [0.2, 0.25) is 0 Å². The van der Waals surface area contributed by atoms with Gasteiger partial charge in [0.25, 0.3) is 0 Å². The van der Waals surface area contributed by atoms with Crippen LogP contribution in [-0.4, -0.2) is 34.5 Å². The molecule has 0 amide bonds. The van der Waals surface area contributed by atoms with Crippen molar-refractivity contribution in [2.75, 3.05) is 0 Å². The highest BCUT2D eigenvalue weighted by Crippen LogP contribution is 2.12. The standard InChI is InChI=1S/C13H26O4/c1-4-5-6-7-8-9-12(13(15)16)17-11(3)10(2)14/h10-12,14H,4-9H2,1-3H3,(H,15,16). The van der Waals surface area contributed by atoms with E-state index in [1.54, 1.807) is 13.8 Å². The van der Waals surface area contributed by atoms with Crippen LogP contribution in [0.3, 0.4) is 0 Å². The first-order chi connectivity index (χ1) is 7.99. The second-order valence-corrected chi connectivity index (χ2v) is 4.61. The minimum Gasteiger partial charge on any atom is -0.479 e. The van der Waals surface area contributed by atoms with Crippen molar-refractivity contribution in [3.8, 4) is 0 Å². The van der Waals surface area contributed by atoms with E-state index in [0.29, 0.717) is 6.42 Å². The van der Waals surface area contributed by atoms with E-state index in [-0.39, 0.29) is 0 Å². The maximum absolute atomic E-state index is 11.0. The van der Waals surface area contributed by atoms with Crippen molar-refractivity contribution in [2.45, 2.75) is 77.6 Å². The summed E-state index contributed by atoms with van der Waals surface area (Å²) in [4.78, 5) is 11.0. The fourth-order valence-corrected chi connectivity index (χ4v) is 1.56. The molecule has 0 bridgehead atoms. The van der Waals surface area contributed by atoms with E-state index in [0.717, 1.165) is 19.3 Å². The number of ether oxygens (including phenoxy) is 1. The van der Waals surface area contributed by atoms with E-state index in [1.165, 1.54) is 12.8 Å². The van der Waals surface area contributed by atoms with E-state index >= 15 is 0 Å². The molecule has 0 aromatic rings. The maximum atomic E-state index is 11.0. The lowest BCUT2D eigenvalue weighted by molar-refractivity contribution is -0.158. The number of aliphatic hydroxyl groups is 1. The fraction of sp³-hybridized carbons (Fsp3) is 0.923. The van der Waals surface area contributed by atoms with Crippen molar-refractivity contribution in [2.24, 2.45) is 0 Å². The lowest BCUT2D eigenvalue weighted by Gasteiger charge is -2.21. The van der Waals surface area contributed by atoms with Gasteiger partial charge in [-0.05, 0) is 20.3 Å². The summed E-state index contributed by atoms with van der Waals surface area (Å²) in [5.41, 5.74) is 0. The monoisotopic (exact) mass is 246 g/mol. The first-order valence-corrected chi connectivity index (χ1v) is 6.55. The molecule has 0 aromatic carbocycles. The van der Waals surface area contributed by atoms with E-state index in [4.69, 9.17) is 9.84 Å². The van der Waals surface area contributed by atoms with Crippen LogP contribution < -0.4 is 0 Å². The lowest BCUT2D eigenvalue weighted by atomic mass is 10.1. The number of carboxylic acid groups (broad SMARTS) is 1. The molecule has 102 valence electrons. The molecule has 2 N–H and O–H groups in total. The topological polar surface area (TPSA) is 66.8 Å². The predicted octanol–water partition coefficient (Wildman–Crippen LogP) is 2.59. The van der Waals surface area contributed by atoms with Gasteiger partial charge in [0.15, 0.2) is 6.10 Å². The van der Waals surface area contributed by atoms with Gasteiger partial charge in [-0.1, -0.05) is 39.0 Å². The molecule has 0 aliphatic heterocycles. The van der Waals surface area contributed by atoms with Crippen LogP contribution in [0.2, 0.25) is 0 Å². The van der Waals surface area contributed by atoms with Crippen LogP contribution in [0.1, 0.15) is 59.3 Å². The van der Waals surface area contributed by atoms with Crippen LogP contribution in [0.4, 0.5) is 0 Å². The van der Waals surface area contributed by atoms with Gasteiger partial charge in [0.1, 0.15) is 0 Å². The Hall–Kier alpha value is -0.610. The predicted molar refractivity (Wildman–Crippen MR) is 67.0 cm³/mol. The van der Waals surface area contributed by atoms with Crippen LogP contribution in [-0.2, 0) is 9.53 Å². The third-order valence-electron chi connectivity index (χ3n) is 2.90. The molecule has 0 spiro atoms. The molecule has 17 heavy (non-hydrogen) atoms. The Labute approximate surface area is 104 Å². The maximum Gasteiger partial charge on any atom is 0.332 e. The number of aliphatic carboxylic acids is 1. The summed E-state index contributed by atoms with van der Waals surface area (Å²) in [5, 5.41) is 18.3. The van der Waals surface area contributed by atoms with Crippen molar-refractivity contribution in [3.05, 3.63) is 0 Å². The van der Waals surface area contributed by atoms with Gasteiger partial charge in [-0.25, -0.2) is 4.79 Å². The van der Waals surface area contributed by atoms with E-state index in [2.05, 4.69) is 6.92 Å².